The minimum atomic E-state index is 0.325. The predicted octanol–water partition coefficient (Wildman–Crippen LogP) is 3.20. The molecule has 0 spiro atoms. The van der Waals surface area contributed by atoms with Crippen molar-refractivity contribution in [1.29, 1.82) is 0 Å². The van der Waals surface area contributed by atoms with Crippen LogP contribution in [0.1, 0.15) is 19.4 Å². The van der Waals surface area contributed by atoms with Crippen molar-refractivity contribution in [2.75, 3.05) is 36.5 Å². The number of hydrogen-bond donors (Lipinski definition) is 1. The minimum Gasteiger partial charge on any atom is -0.378 e. The molecule has 0 atom stereocenters. The van der Waals surface area contributed by atoms with Gasteiger partial charge in [0, 0.05) is 24.5 Å². The summed E-state index contributed by atoms with van der Waals surface area (Å²) in [5.74, 6) is 1.92. The number of rotatable bonds is 3. The number of anilines is 2. The lowest BCUT2D eigenvalue weighted by atomic mass is 10.1. The number of fused-ring (bicyclic) bond motifs is 3. The van der Waals surface area contributed by atoms with E-state index in [1.54, 1.807) is 17.7 Å². The number of morpholine rings is 1. The molecule has 24 heavy (non-hydrogen) atoms. The van der Waals surface area contributed by atoms with E-state index in [0.29, 0.717) is 6.04 Å². The number of aryl methyl sites for hydroxylation is 1. The highest BCUT2D eigenvalue weighted by Gasteiger charge is 2.18. The molecule has 1 N–H and O–H groups in total. The highest BCUT2D eigenvalue weighted by Crippen LogP contribution is 2.38. The van der Waals surface area contributed by atoms with Gasteiger partial charge in [0.1, 0.15) is 22.8 Å². The first kappa shape index (κ1) is 15.5. The Kier molecular flexibility index (Phi) is 3.97. The van der Waals surface area contributed by atoms with Crippen LogP contribution in [0, 0.1) is 6.92 Å². The summed E-state index contributed by atoms with van der Waals surface area (Å²) in [5, 5.41) is 4.55. The maximum Gasteiger partial charge on any atom is 0.147 e. The smallest absolute Gasteiger partial charge is 0.147 e. The molecule has 0 aliphatic carbocycles. The first-order chi connectivity index (χ1) is 11.6. The zero-order chi connectivity index (χ0) is 16.7. The predicted molar refractivity (Wildman–Crippen MR) is 99.2 cm³/mol. The van der Waals surface area contributed by atoms with E-state index in [2.05, 4.69) is 47.0 Å². The number of pyridine rings is 1. The summed E-state index contributed by atoms with van der Waals surface area (Å²) in [5.41, 5.74) is 2.20. The van der Waals surface area contributed by atoms with Crippen LogP contribution in [0.5, 0.6) is 0 Å². The van der Waals surface area contributed by atoms with Crippen LogP contribution >= 0.6 is 11.3 Å². The van der Waals surface area contributed by atoms with E-state index in [0.717, 1.165) is 58.4 Å². The monoisotopic (exact) mass is 343 g/mol. The van der Waals surface area contributed by atoms with Crippen LogP contribution in [0.4, 0.5) is 11.6 Å². The Morgan fingerprint density at radius 2 is 2.04 bits per heavy atom. The average Bonchev–Trinajstić information content (AvgIpc) is 2.95. The van der Waals surface area contributed by atoms with E-state index in [9.17, 15) is 0 Å². The molecule has 1 fully saturated rings. The van der Waals surface area contributed by atoms with Gasteiger partial charge < -0.3 is 15.0 Å². The van der Waals surface area contributed by atoms with Gasteiger partial charge in [-0.2, -0.15) is 0 Å². The number of nitrogens with one attached hydrogen (secondary N) is 1. The summed E-state index contributed by atoms with van der Waals surface area (Å²) in [6.45, 7) is 9.67. The minimum absolute atomic E-state index is 0.325. The Bertz CT molecular complexity index is 885. The average molecular weight is 343 g/mol. The molecule has 4 heterocycles. The van der Waals surface area contributed by atoms with E-state index in [1.807, 2.05) is 0 Å². The lowest BCUT2D eigenvalue weighted by Gasteiger charge is -2.28. The topological polar surface area (TPSA) is 63.2 Å². The summed E-state index contributed by atoms with van der Waals surface area (Å²) >= 11 is 1.67. The van der Waals surface area contributed by atoms with Crippen molar-refractivity contribution in [3.8, 4) is 0 Å². The van der Waals surface area contributed by atoms with Crippen molar-refractivity contribution >= 4 is 43.4 Å². The second-order valence-electron chi connectivity index (χ2n) is 6.38. The van der Waals surface area contributed by atoms with E-state index in [4.69, 9.17) is 9.72 Å². The third kappa shape index (κ3) is 2.67. The quantitative estimate of drug-likeness (QED) is 0.788. The van der Waals surface area contributed by atoms with Crippen LogP contribution in [0.15, 0.2) is 12.4 Å². The van der Waals surface area contributed by atoms with Gasteiger partial charge in [0.25, 0.3) is 0 Å². The molecule has 3 aromatic heterocycles. The maximum absolute atomic E-state index is 5.45. The van der Waals surface area contributed by atoms with Gasteiger partial charge in [0.15, 0.2) is 0 Å². The number of nitrogens with zero attached hydrogens (tertiary/aromatic N) is 4. The van der Waals surface area contributed by atoms with E-state index >= 15 is 0 Å². The van der Waals surface area contributed by atoms with Gasteiger partial charge in [0.05, 0.1) is 23.4 Å². The molecule has 4 rings (SSSR count). The zero-order valence-electron chi connectivity index (χ0n) is 14.2. The first-order valence-corrected chi connectivity index (χ1v) is 9.09. The zero-order valence-corrected chi connectivity index (χ0v) is 15.0. The second kappa shape index (κ2) is 6.14. The molecular weight excluding hydrogens is 322 g/mol. The fraction of sp³-hybridized carbons (Fsp3) is 0.471. The van der Waals surface area contributed by atoms with Crippen LogP contribution in [0.25, 0.3) is 20.4 Å². The van der Waals surface area contributed by atoms with Crippen molar-refractivity contribution in [2.45, 2.75) is 26.8 Å². The third-order valence-corrected chi connectivity index (χ3v) is 5.25. The maximum atomic E-state index is 5.45. The summed E-state index contributed by atoms with van der Waals surface area (Å²) < 4.78 is 6.53. The Morgan fingerprint density at radius 3 is 2.79 bits per heavy atom. The molecule has 0 amide bonds. The summed E-state index contributed by atoms with van der Waals surface area (Å²) in [6.07, 6.45) is 1.63. The van der Waals surface area contributed by atoms with Crippen molar-refractivity contribution in [2.24, 2.45) is 0 Å². The van der Waals surface area contributed by atoms with Crippen LogP contribution in [0.2, 0.25) is 0 Å². The lowest BCUT2D eigenvalue weighted by molar-refractivity contribution is 0.122. The molecule has 0 aromatic carbocycles. The van der Waals surface area contributed by atoms with Gasteiger partial charge >= 0.3 is 0 Å². The number of thiophene rings is 1. The van der Waals surface area contributed by atoms with Crippen molar-refractivity contribution in [3.05, 3.63) is 18.0 Å². The number of ether oxygens (including phenoxy) is 1. The van der Waals surface area contributed by atoms with Crippen molar-refractivity contribution in [1.82, 2.24) is 15.0 Å². The fourth-order valence-electron chi connectivity index (χ4n) is 3.06. The highest BCUT2D eigenvalue weighted by molar-refractivity contribution is 7.26. The third-order valence-electron chi connectivity index (χ3n) is 4.17. The highest BCUT2D eigenvalue weighted by atomic mass is 32.1. The largest absolute Gasteiger partial charge is 0.378 e. The number of hydrogen-bond acceptors (Lipinski definition) is 7. The number of aromatic nitrogens is 3. The van der Waals surface area contributed by atoms with E-state index < -0.39 is 0 Å². The Hall–Kier alpha value is -1.99. The van der Waals surface area contributed by atoms with Crippen LogP contribution in [-0.4, -0.2) is 47.3 Å². The molecule has 1 saturated heterocycles. The summed E-state index contributed by atoms with van der Waals surface area (Å²) in [6, 6.07) is 2.49. The molecule has 0 radical (unpaired) electrons. The Balaban J connectivity index is 1.87. The molecule has 126 valence electrons. The molecular formula is C17H21N5OS. The fourth-order valence-corrected chi connectivity index (χ4v) is 4.22. The first-order valence-electron chi connectivity index (χ1n) is 8.27. The van der Waals surface area contributed by atoms with E-state index in [-0.39, 0.29) is 0 Å². The summed E-state index contributed by atoms with van der Waals surface area (Å²) in [7, 11) is 0. The van der Waals surface area contributed by atoms with Crippen LogP contribution in [0.3, 0.4) is 0 Å². The van der Waals surface area contributed by atoms with Crippen LogP contribution in [-0.2, 0) is 4.74 Å². The molecule has 1 aliphatic heterocycles. The van der Waals surface area contributed by atoms with Crippen molar-refractivity contribution in [3.63, 3.8) is 0 Å². The molecule has 1 aliphatic rings. The second-order valence-corrected chi connectivity index (χ2v) is 7.38. The molecule has 3 aromatic rings. The SMILES string of the molecule is Cc1cc(N2CCOCC2)nc2sc3c(NC(C)C)ncnc3c12. The molecule has 7 heteroatoms. The molecule has 0 unspecified atom stereocenters. The lowest BCUT2D eigenvalue weighted by Crippen LogP contribution is -2.36. The van der Waals surface area contributed by atoms with Gasteiger partial charge in [0.2, 0.25) is 0 Å². The van der Waals surface area contributed by atoms with Gasteiger partial charge in [-0.1, -0.05) is 0 Å². The Morgan fingerprint density at radius 1 is 1.25 bits per heavy atom. The van der Waals surface area contributed by atoms with Crippen molar-refractivity contribution < 1.29 is 4.74 Å². The normalized spacial score (nSPS) is 15.6. The van der Waals surface area contributed by atoms with Crippen LogP contribution < -0.4 is 10.2 Å². The standard InChI is InChI=1S/C17H21N5OS/c1-10(2)20-16-15-14(18-9-19-16)13-11(3)8-12(21-17(13)24-15)22-4-6-23-7-5-22/h8-10H,4-7H2,1-3H3,(H,18,19,20). The molecule has 0 bridgehead atoms. The summed E-state index contributed by atoms with van der Waals surface area (Å²) in [4.78, 5) is 17.2. The molecule has 6 nitrogen and oxygen atoms in total. The molecule has 0 saturated carbocycles. The van der Waals surface area contributed by atoms with Gasteiger partial charge in [-0.15, -0.1) is 11.3 Å². The Labute approximate surface area is 144 Å². The van der Waals surface area contributed by atoms with E-state index in [1.165, 1.54) is 5.56 Å². The van der Waals surface area contributed by atoms with Gasteiger partial charge in [-0.3, -0.25) is 0 Å². The van der Waals surface area contributed by atoms with Gasteiger partial charge in [-0.25, -0.2) is 15.0 Å². The van der Waals surface area contributed by atoms with Gasteiger partial charge in [-0.05, 0) is 32.4 Å².